The Bertz CT molecular complexity index is 376. The van der Waals surface area contributed by atoms with Gasteiger partial charge in [-0.2, -0.15) is 5.26 Å². The lowest BCUT2D eigenvalue weighted by Crippen LogP contribution is -2.10. The molecule has 15 heavy (non-hydrogen) atoms. The fourth-order valence-electron chi connectivity index (χ4n) is 1.18. The zero-order valence-electron chi connectivity index (χ0n) is 9.32. The molecular weight excluding hydrogens is 202 g/mol. The minimum Gasteiger partial charge on any atom is -0.193 e. The Kier molecular flexibility index (Phi) is 3.99. The Labute approximate surface area is 95.8 Å². The lowest BCUT2D eigenvalue weighted by atomic mass is 9.87. The number of rotatable bonds is 2. The van der Waals surface area contributed by atoms with Gasteiger partial charge >= 0.3 is 0 Å². The first-order chi connectivity index (χ1) is 7.04. The van der Waals surface area contributed by atoms with Gasteiger partial charge in [0.25, 0.3) is 0 Å². The van der Waals surface area contributed by atoms with Crippen LogP contribution in [0, 0.1) is 11.3 Å². The van der Waals surface area contributed by atoms with Gasteiger partial charge in [-0.3, -0.25) is 0 Å². The van der Waals surface area contributed by atoms with Crippen LogP contribution in [0.3, 0.4) is 0 Å². The fourth-order valence-corrected chi connectivity index (χ4v) is 1.76. The molecule has 78 valence electrons. The fraction of sp³-hybridized carbons (Fsp3) is 0.308. The molecule has 1 nitrogen and oxygen atoms in total. The SMILES string of the molecule is CC(C)(C)c1ccc(S/C=C/C#N)cc1. The highest BCUT2D eigenvalue weighted by Gasteiger charge is 2.12. The highest BCUT2D eigenvalue weighted by Crippen LogP contribution is 2.25. The van der Waals surface area contributed by atoms with Crippen LogP contribution >= 0.6 is 11.8 Å². The lowest BCUT2D eigenvalue weighted by molar-refractivity contribution is 0.590. The monoisotopic (exact) mass is 217 g/mol. The van der Waals surface area contributed by atoms with Crippen LogP contribution in [0.4, 0.5) is 0 Å². The van der Waals surface area contributed by atoms with Crippen molar-refractivity contribution in [2.75, 3.05) is 0 Å². The van der Waals surface area contributed by atoms with E-state index >= 15 is 0 Å². The minimum atomic E-state index is 0.200. The summed E-state index contributed by atoms with van der Waals surface area (Å²) in [6, 6.07) is 10.4. The zero-order valence-corrected chi connectivity index (χ0v) is 10.1. The van der Waals surface area contributed by atoms with Gasteiger partial charge in [0.2, 0.25) is 0 Å². The summed E-state index contributed by atoms with van der Waals surface area (Å²) >= 11 is 1.56. The number of allylic oxidation sites excluding steroid dienone is 1. The molecular formula is C13H15NS. The Hall–Kier alpha value is -1.20. The van der Waals surface area contributed by atoms with Crippen molar-refractivity contribution in [3.63, 3.8) is 0 Å². The normalized spacial score (nSPS) is 11.6. The number of hydrogen-bond acceptors (Lipinski definition) is 2. The van der Waals surface area contributed by atoms with Crippen molar-refractivity contribution in [2.45, 2.75) is 31.1 Å². The van der Waals surface area contributed by atoms with Crippen molar-refractivity contribution < 1.29 is 0 Å². The zero-order chi connectivity index (χ0) is 11.3. The van der Waals surface area contributed by atoms with Gasteiger partial charge in [-0.05, 0) is 28.5 Å². The second kappa shape index (κ2) is 5.04. The Morgan fingerprint density at radius 3 is 2.27 bits per heavy atom. The topological polar surface area (TPSA) is 23.8 Å². The first-order valence-electron chi connectivity index (χ1n) is 4.86. The van der Waals surface area contributed by atoms with E-state index in [-0.39, 0.29) is 5.41 Å². The van der Waals surface area contributed by atoms with Gasteiger partial charge in [-0.1, -0.05) is 44.7 Å². The molecule has 0 saturated heterocycles. The molecule has 0 amide bonds. The molecule has 0 N–H and O–H groups in total. The van der Waals surface area contributed by atoms with Gasteiger partial charge in [-0.15, -0.1) is 0 Å². The largest absolute Gasteiger partial charge is 0.193 e. The Balaban J connectivity index is 2.74. The minimum absolute atomic E-state index is 0.200. The first kappa shape index (κ1) is 11.9. The van der Waals surface area contributed by atoms with Crippen LogP contribution in [0.1, 0.15) is 26.3 Å². The van der Waals surface area contributed by atoms with Gasteiger partial charge < -0.3 is 0 Å². The van der Waals surface area contributed by atoms with Crippen LogP contribution in [0.25, 0.3) is 0 Å². The average molecular weight is 217 g/mol. The maximum Gasteiger partial charge on any atom is 0.0917 e. The van der Waals surface area contributed by atoms with Crippen LogP contribution in [0.15, 0.2) is 40.6 Å². The van der Waals surface area contributed by atoms with E-state index in [0.29, 0.717) is 0 Å². The molecule has 1 aromatic rings. The summed E-state index contributed by atoms with van der Waals surface area (Å²) in [5.74, 6) is 0. The van der Waals surface area contributed by atoms with E-state index in [4.69, 9.17) is 5.26 Å². The molecule has 0 fully saturated rings. The van der Waals surface area contributed by atoms with E-state index < -0.39 is 0 Å². The van der Waals surface area contributed by atoms with E-state index in [2.05, 4.69) is 45.0 Å². The number of thioether (sulfide) groups is 1. The molecule has 1 aromatic carbocycles. The summed E-state index contributed by atoms with van der Waals surface area (Å²) in [6.07, 6.45) is 1.49. The first-order valence-corrected chi connectivity index (χ1v) is 5.74. The highest BCUT2D eigenvalue weighted by molar-refractivity contribution is 8.02. The molecule has 0 spiro atoms. The quantitative estimate of drug-likeness (QED) is 0.549. The highest BCUT2D eigenvalue weighted by atomic mass is 32.2. The van der Waals surface area contributed by atoms with Gasteiger partial charge in [0, 0.05) is 11.0 Å². The van der Waals surface area contributed by atoms with Crippen molar-refractivity contribution in [3.8, 4) is 6.07 Å². The summed E-state index contributed by atoms with van der Waals surface area (Å²) < 4.78 is 0. The molecule has 1 rings (SSSR count). The predicted octanol–water partition coefficient (Wildman–Crippen LogP) is 4.11. The number of nitrogens with zero attached hydrogens (tertiary/aromatic N) is 1. The third kappa shape index (κ3) is 3.81. The summed E-state index contributed by atoms with van der Waals surface area (Å²) in [6.45, 7) is 6.60. The third-order valence-corrected chi connectivity index (χ3v) is 2.88. The van der Waals surface area contributed by atoms with E-state index in [0.717, 1.165) is 4.90 Å². The van der Waals surface area contributed by atoms with E-state index in [1.165, 1.54) is 11.6 Å². The van der Waals surface area contributed by atoms with Crippen LogP contribution in [-0.4, -0.2) is 0 Å². The molecule has 0 atom stereocenters. The summed E-state index contributed by atoms with van der Waals surface area (Å²) in [7, 11) is 0. The van der Waals surface area contributed by atoms with Crippen molar-refractivity contribution in [1.29, 1.82) is 5.26 Å². The smallest absolute Gasteiger partial charge is 0.0917 e. The van der Waals surface area contributed by atoms with Gasteiger partial charge in [-0.25, -0.2) is 0 Å². The molecule has 0 aromatic heterocycles. The predicted molar refractivity (Wildman–Crippen MR) is 65.8 cm³/mol. The molecule has 0 aliphatic heterocycles. The van der Waals surface area contributed by atoms with Crippen LogP contribution in [0.5, 0.6) is 0 Å². The molecule has 0 bridgehead atoms. The second-order valence-corrected chi connectivity index (χ2v) is 5.30. The molecule has 0 radical (unpaired) electrons. The van der Waals surface area contributed by atoms with E-state index in [9.17, 15) is 0 Å². The Morgan fingerprint density at radius 1 is 1.20 bits per heavy atom. The molecule has 0 saturated carbocycles. The molecule has 2 heteroatoms. The van der Waals surface area contributed by atoms with Crippen LogP contribution < -0.4 is 0 Å². The number of hydrogen-bond donors (Lipinski definition) is 0. The second-order valence-electron chi connectivity index (χ2n) is 4.32. The van der Waals surface area contributed by atoms with Crippen molar-refractivity contribution in [1.82, 2.24) is 0 Å². The van der Waals surface area contributed by atoms with Gasteiger partial charge in [0.05, 0.1) is 6.07 Å². The maximum absolute atomic E-state index is 8.34. The van der Waals surface area contributed by atoms with E-state index in [1.807, 2.05) is 6.07 Å². The van der Waals surface area contributed by atoms with Gasteiger partial charge in [0.1, 0.15) is 0 Å². The molecule has 0 unspecified atom stereocenters. The molecule has 0 aliphatic rings. The maximum atomic E-state index is 8.34. The standard InChI is InChI=1S/C13H15NS/c1-13(2,3)11-5-7-12(8-6-11)15-10-4-9-14/h4-8,10H,1-3H3/b10-4+. The van der Waals surface area contributed by atoms with E-state index in [1.54, 1.807) is 17.2 Å². The Morgan fingerprint density at radius 2 is 1.80 bits per heavy atom. The molecule has 0 heterocycles. The third-order valence-electron chi connectivity index (χ3n) is 2.07. The lowest BCUT2D eigenvalue weighted by Gasteiger charge is -2.18. The average Bonchev–Trinajstić information content (AvgIpc) is 2.18. The summed E-state index contributed by atoms with van der Waals surface area (Å²) in [5, 5.41) is 10.1. The van der Waals surface area contributed by atoms with Crippen molar-refractivity contribution >= 4 is 11.8 Å². The number of nitriles is 1. The number of benzene rings is 1. The summed E-state index contributed by atoms with van der Waals surface area (Å²) in [5.41, 5.74) is 1.53. The van der Waals surface area contributed by atoms with Crippen molar-refractivity contribution in [2.24, 2.45) is 0 Å². The molecule has 0 aliphatic carbocycles. The van der Waals surface area contributed by atoms with Gasteiger partial charge in [0.15, 0.2) is 0 Å². The van der Waals surface area contributed by atoms with Crippen LogP contribution in [0.2, 0.25) is 0 Å². The van der Waals surface area contributed by atoms with Crippen LogP contribution in [-0.2, 0) is 5.41 Å². The van der Waals surface area contributed by atoms with Crippen molar-refractivity contribution in [3.05, 3.63) is 41.3 Å². The summed E-state index contributed by atoms with van der Waals surface area (Å²) in [4.78, 5) is 1.16.